The van der Waals surface area contributed by atoms with E-state index in [4.69, 9.17) is 28.6 Å². The predicted octanol–water partition coefficient (Wildman–Crippen LogP) is 2.26. The molecule has 1 aromatic carbocycles. The molecule has 2 aliphatic rings. The van der Waals surface area contributed by atoms with Crippen LogP contribution < -0.4 is 4.72 Å². The standard InChI is InChI=1S/C16H19ClN5O4S2/c1-10-6-5-7-11(17)14(10)19-28(24,25)15-18-12-8-13(27)20(2)22(12,3)9-21(15)16(23)26-4/h5-8,19H,9H2,1-4H3/q+1. The highest BCUT2D eigenvalue weighted by molar-refractivity contribution is 8.07. The first-order chi connectivity index (χ1) is 13.0. The zero-order chi connectivity index (χ0) is 20.9. The summed E-state index contributed by atoms with van der Waals surface area (Å²) in [7, 11) is 0.412. The number of hydrogen-bond donors (Lipinski definition) is 1. The second-order valence-electron chi connectivity index (χ2n) is 6.47. The first kappa shape index (κ1) is 20.5. The van der Waals surface area contributed by atoms with Crippen molar-refractivity contribution in [2.75, 3.05) is 32.6 Å². The zero-order valence-electron chi connectivity index (χ0n) is 15.6. The number of amides is 1. The van der Waals surface area contributed by atoms with Crippen molar-refractivity contribution in [2.24, 2.45) is 4.99 Å². The number of fused-ring (bicyclic) bond motifs is 1. The van der Waals surface area contributed by atoms with E-state index in [2.05, 4.69) is 9.71 Å². The van der Waals surface area contributed by atoms with Crippen LogP contribution in [0.4, 0.5) is 10.5 Å². The summed E-state index contributed by atoms with van der Waals surface area (Å²) in [5.41, 5.74) is 0.839. The van der Waals surface area contributed by atoms with Gasteiger partial charge >= 0.3 is 6.09 Å². The van der Waals surface area contributed by atoms with Gasteiger partial charge in [0.05, 0.1) is 38.0 Å². The maximum atomic E-state index is 13.1. The second-order valence-corrected chi connectivity index (χ2v) is 8.88. The number of nitrogens with one attached hydrogen (secondary N) is 1. The van der Waals surface area contributed by atoms with Crippen molar-refractivity contribution in [1.82, 2.24) is 9.91 Å². The largest absolute Gasteiger partial charge is 0.452 e. The number of nitrogens with zero attached hydrogens (tertiary/aromatic N) is 4. The number of sulfonamides is 1. The topological polar surface area (TPSA) is 91.3 Å². The van der Waals surface area contributed by atoms with Crippen LogP contribution in [0.25, 0.3) is 0 Å². The van der Waals surface area contributed by atoms with Crippen LogP contribution in [-0.4, -0.2) is 67.0 Å². The summed E-state index contributed by atoms with van der Waals surface area (Å²) >= 11 is 11.4. The van der Waals surface area contributed by atoms with E-state index in [1.165, 1.54) is 7.11 Å². The Bertz CT molecular complexity index is 1020. The normalized spacial score (nSPS) is 21.8. The van der Waals surface area contributed by atoms with E-state index in [9.17, 15) is 13.2 Å². The Morgan fingerprint density at radius 2 is 2.11 bits per heavy atom. The van der Waals surface area contributed by atoms with Crippen molar-refractivity contribution >= 4 is 55.8 Å². The molecule has 1 amide bonds. The number of hydrogen-bond acceptors (Lipinski definition) is 6. The van der Waals surface area contributed by atoms with Crippen LogP contribution in [0, 0.1) is 6.92 Å². The molecular formula is C16H19ClN5O4S2+. The molecule has 0 spiro atoms. The van der Waals surface area contributed by atoms with Gasteiger partial charge in [-0.25, -0.2) is 9.80 Å². The maximum absolute atomic E-state index is 13.1. The lowest BCUT2D eigenvalue weighted by molar-refractivity contribution is -0.973. The molecule has 12 heteroatoms. The Kier molecular flexibility index (Phi) is 5.13. The molecule has 3 rings (SSSR count). The number of methoxy groups -OCH3 is 1. The van der Waals surface area contributed by atoms with Crippen molar-refractivity contribution in [3.05, 3.63) is 40.7 Å². The molecule has 0 fully saturated rings. The van der Waals surface area contributed by atoms with Crippen LogP contribution in [0.5, 0.6) is 0 Å². The lowest BCUT2D eigenvalue weighted by atomic mass is 10.2. The third-order valence-corrected chi connectivity index (χ3v) is 6.64. The van der Waals surface area contributed by atoms with Crippen molar-refractivity contribution in [2.45, 2.75) is 6.92 Å². The van der Waals surface area contributed by atoms with Crippen molar-refractivity contribution < 1.29 is 22.5 Å². The number of aryl methyl sites for hydroxylation is 1. The minimum atomic E-state index is -4.26. The van der Waals surface area contributed by atoms with Crippen LogP contribution in [-0.2, 0) is 14.8 Å². The number of anilines is 1. The number of rotatable bonds is 2. The minimum absolute atomic E-state index is 0.0120. The number of halogens is 1. The number of para-hydroxylation sites is 1. The Morgan fingerprint density at radius 1 is 1.43 bits per heavy atom. The average Bonchev–Trinajstić information content (AvgIpc) is 2.86. The predicted molar refractivity (Wildman–Crippen MR) is 110 cm³/mol. The molecule has 1 aromatic rings. The Balaban J connectivity index is 2.11. The molecule has 0 bridgehead atoms. The highest BCUT2D eigenvalue weighted by Gasteiger charge is 2.51. The highest BCUT2D eigenvalue weighted by Crippen LogP contribution is 2.33. The van der Waals surface area contributed by atoms with Gasteiger partial charge in [0, 0.05) is 0 Å². The number of benzene rings is 1. The van der Waals surface area contributed by atoms with E-state index >= 15 is 0 Å². The smallest absolute Gasteiger partial charge is 0.420 e. The van der Waals surface area contributed by atoms with Gasteiger partial charge in [0.25, 0.3) is 21.0 Å². The highest BCUT2D eigenvalue weighted by atomic mass is 35.5. The molecule has 9 nitrogen and oxygen atoms in total. The fourth-order valence-corrected chi connectivity index (χ4v) is 4.79. The second kappa shape index (κ2) is 6.99. The zero-order valence-corrected chi connectivity index (χ0v) is 18.0. The summed E-state index contributed by atoms with van der Waals surface area (Å²) < 4.78 is 33.4. The van der Waals surface area contributed by atoms with E-state index in [1.54, 1.807) is 50.3 Å². The molecule has 150 valence electrons. The number of carbonyl (C=O) groups excluding carboxylic acids is 1. The van der Waals surface area contributed by atoms with E-state index in [0.29, 0.717) is 16.4 Å². The molecular weight excluding hydrogens is 426 g/mol. The van der Waals surface area contributed by atoms with Crippen molar-refractivity contribution in [1.29, 1.82) is 0 Å². The summed E-state index contributed by atoms with van der Waals surface area (Å²) in [6.07, 6.45) is 0.741. The van der Waals surface area contributed by atoms with Crippen LogP contribution in [0.3, 0.4) is 0 Å². The van der Waals surface area contributed by atoms with Crippen LogP contribution in [0.2, 0.25) is 5.02 Å². The fourth-order valence-electron chi connectivity index (χ4n) is 2.91. The molecule has 28 heavy (non-hydrogen) atoms. The van der Waals surface area contributed by atoms with Crippen molar-refractivity contribution in [3.63, 3.8) is 0 Å². The SMILES string of the molecule is COC(=O)N1C[N+]2(C)C(=CC(=S)N2C)N=C1S(=O)(=O)Nc1c(C)cccc1Cl. The van der Waals surface area contributed by atoms with E-state index < -0.39 is 21.3 Å². The number of likely N-dealkylation sites (N-methyl/N-ethyl adjacent to an activating group) is 1. The van der Waals surface area contributed by atoms with Crippen LogP contribution in [0.1, 0.15) is 5.56 Å². The Morgan fingerprint density at radius 3 is 2.71 bits per heavy atom. The first-order valence-electron chi connectivity index (χ1n) is 8.09. The van der Waals surface area contributed by atoms with Gasteiger partial charge in [0.1, 0.15) is 0 Å². The van der Waals surface area contributed by atoms with Gasteiger partial charge in [-0.05, 0) is 18.6 Å². The molecule has 0 radical (unpaired) electrons. The number of thiocarbonyl (C=S) groups is 1. The number of carbonyl (C=O) groups is 1. The number of ether oxygens (including phenoxy) is 1. The summed E-state index contributed by atoms with van der Waals surface area (Å²) in [6.45, 7) is 1.65. The average molecular weight is 445 g/mol. The number of quaternary nitrogens is 1. The molecule has 1 unspecified atom stereocenters. The van der Waals surface area contributed by atoms with Gasteiger partial charge in [-0.2, -0.15) is 22.9 Å². The molecule has 0 saturated heterocycles. The molecule has 0 aliphatic carbocycles. The van der Waals surface area contributed by atoms with E-state index in [1.807, 2.05) is 0 Å². The van der Waals surface area contributed by atoms with Crippen molar-refractivity contribution in [3.8, 4) is 0 Å². The summed E-state index contributed by atoms with van der Waals surface area (Å²) in [4.78, 5) is 18.0. The monoisotopic (exact) mass is 444 g/mol. The van der Waals surface area contributed by atoms with E-state index in [-0.39, 0.29) is 22.0 Å². The number of aliphatic imine (C=N–C) groups is 1. The number of amidine groups is 1. The van der Waals surface area contributed by atoms with E-state index in [0.717, 1.165) is 4.90 Å². The lowest BCUT2D eigenvalue weighted by Gasteiger charge is -2.41. The third-order valence-electron chi connectivity index (χ3n) is 4.68. The van der Waals surface area contributed by atoms with Gasteiger partial charge in [0.2, 0.25) is 0 Å². The van der Waals surface area contributed by atoms with Gasteiger partial charge in [-0.15, -0.1) is 0 Å². The first-order valence-corrected chi connectivity index (χ1v) is 10.4. The third kappa shape index (κ3) is 3.24. The maximum Gasteiger partial charge on any atom is 0.420 e. The molecule has 1 atom stereocenters. The summed E-state index contributed by atoms with van der Waals surface area (Å²) in [6, 6.07) is 4.98. The van der Waals surface area contributed by atoms with Gasteiger partial charge in [-0.1, -0.05) is 36.0 Å². The summed E-state index contributed by atoms with van der Waals surface area (Å²) in [5, 5.41) is 1.45. The molecule has 0 saturated carbocycles. The molecule has 2 aliphatic heterocycles. The Labute approximate surface area is 173 Å². The molecule has 2 heterocycles. The van der Waals surface area contributed by atoms with Gasteiger partial charge < -0.3 is 4.74 Å². The summed E-state index contributed by atoms with van der Waals surface area (Å²) in [5.74, 6) is 0.393. The molecule has 1 N–H and O–H groups in total. The van der Waals surface area contributed by atoms with Crippen LogP contribution in [0.15, 0.2) is 35.1 Å². The van der Waals surface area contributed by atoms with Crippen LogP contribution >= 0.6 is 23.8 Å². The van der Waals surface area contributed by atoms with Gasteiger partial charge in [-0.3, -0.25) is 4.72 Å². The Hall–Kier alpha value is -2.21. The lowest BCUT2D eigenvalue weighted by Crippen LogP contribution is -2.63. The quantitative estimate of drug-likeness (QED) is 0.555. The minimum Gasteiger partial charge on any atom is -0.452 e. The fraction of sp³-hybridized carbons (Fsp3) is 0.312. The molecule has 0 aromatic heterocycles. The van der Waals surface area contributed by atoms with Gasteiger partial charge in [0.15, 0.2) is 11.7 Å².